The summed E-state index contributed by atoms with van der Waals surface area (Å²) in [4.78, 5) is 10.2. The first-order chi connectivity index (χ1) is 3.81. The number of halogens is 1. The van der Waals surface area contributed by atoms with Gasteiger partial charge < -0.3 is 10.5 Å². The molecule has 0 aromatic heterocycles. The van der Waals surface area contributed by atoms with Gasteiger partial charge in [-0.2, -0.15) is 0 Å². The van der Waals surface area contributed by atoms with Crippen molar-refractivity contribution in [3.8, 4) is 0 Å². The molecule has 0 aromatic rings. The van der Waals surface area contributed by atoms with Crippen molar-refractivity contribution >= 4 is 17.6 Å². The topological polar surface area (TPSA) is 52.3 Å². The van der Waals surface area contributed by atoms with Crippen LogP contribution in [0, 0.1) is 0 Å². The lowest BCUT2D eigenvalue weighted by Crippen LogP contribution is -2.17. The van der Waals surface area contributed by atoms with E-state index in [1.807, 2.05) is 0 Å². The molecule has 0 amide bonds. The highest BCUT2D eigenvalue weighted by Gasteiger charge is 1.94. The number of alkyl halides is 1. The van der Waals surface area contributed by atoms with E-state index in [1.54, 1.807) is 0 Å². The van der Waals surface area contributed by atoms with E-state index in [1.165, 1.54) is 0 Å². The summed E-state index contributed by atoms with van der Waals surface area (Å²) in [5, 5.41) is 0. The molecular formula is C4H8ClNO2. The van der Waals surface area contributed by atoms with Crippen LogP contribution >= 0.6 is 11.6 Å². The lowest BCUT2D eigenvalue weighted by Gasteiger charge is -1.96. The standard InChI is InChI=1S/C4H8ClNO2/c5-1-2-8-4(7)3-6/h1-3,6H2. The van der Waals surface area contributed by atoms with Gasteiger partial charge in [-0.1, -0.05) is 0 Å². The normalized spacial score (nSPS) is 8.75. The maximum absolute atomic E-state index is 10.2. The zero-order chi connectivity index (χ0) is 6.41. The second-order valence-corrected chi connectivity index (χ2v) is 1.49. The van der Waals surface area contributed by atoms with Gasteiger partial charge in [-0.25, -0.2) is 0 Å². The number of esters is 1. The van der Waals surface area contributed by atoms with Gasteiger partial charge in [-0.3, -0.25) is 4.79 Å². The summed E-state index contributed by atoms with van der Waals surface area (Å²) in [6.45, 7) is 0.175. The van der Waals surface area contributed by atoms with Crippen LogP contribution in [-0.2, 0) is 9.53 Å². The number of nitrogens with two attached hydrogens (primary N) is 1. The van der Waals surface area contributed by atoms with Crippen molar-refractivity contribution in [1.29, 1.82) is 0 Å². The summed E-state index contributed by atoms with van der Waals surface area (Å²) in [5.74, 6) is -0.0863. The van der Waals surface area contributed by atoms with Crippen LogP contribution in [0.5, 0.6) is 0 Å². The van der Waals surface area contributed by atoms with Crippen molar-refractivity contribution in [3.63, 3.8) is 0 Å². The minimum atomic E-state index is -0.411. The van der Waals surface area contributed by atoms with E-state index in [0.717, 1.165) is 0 Å². The largest absolute Gasteiger partial charge is 0.463 e. The Morgan fingerprint density at radius 3 is 2.75 bits per heavy atom. The van der Waals surface area contributed by atoms with Crippen LogP contribution in [-0.4, -0.2) is 25.0 Å². The van der Waals surface area contributed by atoms with Crippen LogP contribution < -0.4 is 5.73 Å². The molecule has 0 bridgehead atoms. The molecule has 0 saturated heterocycles. The molecule has 0 aromatic carbocycles. The molecule has 2 N–H and O–H groups in total. The monoisotopic (exact) mass is 137 g/mol. The van der Waals surface area contributed by atoms with E-state index in [0.29, 0.717) is 5.88 Å². The van der Waals surface area contributed by atoms with Crippen molar-refractivity contribution < 1.29 is 9.53 Å². The third-order valence-electron chi connectivity index (χ3n) is 0.507. The fraction of sp³-hybridized carbons (Fsp3) is 0.750. The predicted molar refractivity (Wildman–Crippen MR) is 30.7 cm³/mol. The summed E-state index contributed by atoms with van der Waals surface area (Å²) in [6, 6.07) is 0. The molecule has 0 aliphatic heterocycles. The molecule has 3 nitrogen and oxygen atoms in total. The smallest absolute Gasteiger partial charge is 0.319 e. The highest BCUT2D eigenvalue weighted by molar-refractivity contribution is 6.18. The Morgan fingerprint density at radius 1 is 1.75 bits per heavy atom. The Morgan fingerprint density at radius 2 is 2.38 bits per heavy atom. The Labute approximate surface area is 52.8 Å². The van der Waals surface area contributed by atoms with Crippen molar-refractivity contribution in [2.75, 3.05) is 19.0 Å². The first-order valence-corrected chi connectivity index (χ1v) is 2.76. The van der Waals surface area contributed by atoms with Gasteiger partial charge in [0, 0.05) is 0 Å². The fourth-order valence-corrected chi connectivity index (χ4v) is 0.288. The molecule has 0 fully saturated rings. The number of rotatable bonds is 3. The van der Waals surface area contributed by atoms with Gasteiger partial charge in [0.15, 0.2) is 0 Å². The molecule has 8 heavy (non-hydrogen) atoms. The number of carbonyl (C=O) groups is 1. The van der Waals surface area contributed by atoms with Gasteiger partial charge in [0.2, 0.25) is 0 Å². The maximum atomic E-state index is 10.2. The lowest BCUT2D eigenvalue weighted by molar-refractivity contribution is -0.141. The third kappa shape index (κ3) is 3.89. The summed E-state index contributed by atoms with van der Waals surface area (Å²) >= 11 is 5.18. The van der Waals surface area contributed by atoms with Crippen LogP contribution in [0.3, 0.4) is 0 Å². The SMILES string of the molecule is NCC(=O)OCCCl. The summed E-state index contributed by atoms with van der Waals surface area (Å²) < 4.78 is 4.44. The second-order valence-electron chi connectivity index (χ2n) is 1.11. The maximum Gasteiger partial charge on any atom is 0.319 e. The minimum absolute atomic E-state index is 0.0725. The summed E-state index contributed by atoms with van der Waals surface area (Å²) in [7, 11) is 0. The Balaban J connectivity index is 2.99. The fourth-order valence-electron chi connectivity index (χ4n) is 0.211. The van der Waals surface area contributed by atoms with Crippen molar-refractivity contribution in [2.24, 2.45) is 5.73 Å². The van der Waals surface area contributed by atoms with Crippen molar-refractivity contribution in [3.05, 3.63) is 0 Å². The van der Waals surface area contributed by atoms with Crippen LogP contribution in [0.15, 0.2) is 0 Å². The van der Waals surface area contributed by atoms with Gasteiger partial charge in [0.1, 0.15) is 6.61 Å². The average molecular weight is 138 g/mol. The van der Waals surface area contributed by atoms with Crippen LogP contribution in [0.1, 0.15) is 0 Å². The molecule has 0 atom stereocenters. The van der Waals surface area contributed by atoms with Crippen LogP contribution in [0.4, 0.5) is 0 Å². The van der Waals surface area contributed by atoms with E-state index in [-0.39, 0.29) is 13.2 Å². The van der Waals surface area contributed by atoms with E-state index in [2.05, 4.69) is 4.74 Å². The second kappa shape index (κ2) is 4.87. The molecule has 0 radical (unpaired) electrons. The molecule has 0 saturated carbocycles. The molecule has 0 aliphatic carbocycles. The Kier molecular flexibility index (Phi) is 4.70. The molecule has 0 unspecified atom stereocenters. The number of hydrogen-bond donors (Lipinski definition) is 1. The van der Waals surface area contributed by atoms with E-state index in [4.69, 9.17) is 17.3 Å². The highest BCUT2D eigenvalue weighted by atomic mass is 35.5. The Bertz CT molecular complexity index is 76.4. The minimum Gasteiger partial charge on any atom is -0.463 e. The van der Waals surface area contributed by atoms with Crippen molar-refractivity contribution in [1.82, 2.24) is 0 Å². The molecule has 0 aliphatic rings. The van der Waals surface area contributed by atoms with Gasteiger partial charge in [-0.05, 0) is 0 Å². The van der Waals surface area contributed by atoms with Crippen LogP contribution in [0.25, 0.3) is 0 Å². The summed E-state index contributed by atoms with van der Waals surface area (Å²) in [6.07, 6.45) is 0. The number of hydrogen-bond acceptors (Lipinski definition) is 3. The van der Waals surface area contributed by atoms with Gasteiger partial charge in [0.05, 0.1) is 12.4 Å². The van der Waals surface area contributed by atoms with Gasteiger partial charge in [-0.15, -0.1) is 11.6 Å². The molecule has 0 spiro atoms. The highest BCUT2D eigenvalue weighted by Crippen LogP contribution is 1.77. The zero-order valence-electron chi connectivity index (χ0n) is 4.39. The van der Waals surface area contributed by atoms with Gasteiger partial charge in [0.25, 0.3) is 0 Å². The van der Waals surface area contributed by atoms with E-state index >= 15 is 0 Å². The molecular weight excluding hydrogens is 130 g/mol. The molecule has 4 heteroatoms. The predicted octanol–water partition coefficient (Wildman–Crippen LogP) is -0.273. The van der Waals surface area contributed by atoms with E-state index in [9.17, 15) is 4.79 Å². The molecule has 0 rings (SSSR count). The quantitative estimate of drug-likeness (QED) is 0.430. The summed E-state index contributed by atoms with van der Waals surface area (Å²) in [5.41, 5.74) is 4.90. The zero-order valence-corrected chi connectivity index (χ0v) is 5.15. The molecule has 0 heterocycles. The van der Waals surface area contributed by atoms with Crippen LogP contribution in [0.2, 0.25) is 0 Å². The first-order valence-electron chi connectivity index (χ1n) is 2.23. The number of ether oxygens (including phenoxy) is 1. The van der Waals surface area contributed by atoms with E-state index < -0.39 is 5.97 Å². The van der Waals surface area contributed by atoms with Crippen molar-refractivity contribution in [2.45, 2.75) is 0 Å². The number of carbonyl (C=O) groups excluding carboxylic acids is 1. The lowest BCUT2D eigenvalue weighted by atomic mass is 10.7. The Hall–Kier alpha value is -0.280. The van der Waals surface area contributed by atoms with Gasteiger partial charge >= 0.3 is 5.97 Å². The first kappa shape index (κ1) is 7.72. The third-order valence-corrected chi connectivity index (χ3v) is 0.661. The molecule has 48 valence electrons. The average Bonchev–Trinajstić information content (AvgIpc) is 1.83.